The molecular weight excluding hydrogens is 302 g/mol. The first kappa shape index (κ1) is 13.5. The average Bonchev–Trinajstić information content (AvgIpc) is 2.39. The average molecular weight is 314 g/mol. The van der Waals surface area contributed by atoms with E-state index in [9.17, 15) is 13.5 Å². The highest BCUT2D eigenvalue weighted by Gasteiger charge is 2.27. The minimum Gasteiger partial charge on any atom is -0.493 e. The maximum Gasteiger partial charge on any atom is 0.223 e. The Balaban J connectivity index is 2.04. The predicted molar refractivity (Wildman–Crippen MR) is 74.6 cm³/mol. The van der Waals surface area contributed by atoms with Gasteiger partial charge in [-0.25, -0.2) is 23.4 Å². The van der Waals surface area contributed by atoms with Crippen LogP contribution in [0.2, 0.25) is 5.15 Å². The molecule has 8 heteroatoms. The van der Waals surface area contributed by atoms with Gasteiger partial charge in [0.05, 0.1) is 16.9 Å². The Morgan fingerprint density at radius 3 is 2.65 bits per heavy atom. The van der Waals surface area contributed by atoms with Crippen LogP contribution in [-0.2, 0) is 9.84 Å². The van der Waals surface area contributed by atoms with Gasteiger partial charge in [0.25, 0.3) is 0 Å². The lowest BCUT2D eigenvalue weighted by Gasteiger charge is -2.22. The van der Waals surface area contributed by atoms with Crippen molar-refractivity contribution < 1.29 is 13.5 Å². The van der Waals surface area contributed by atoms with Crippen molar-refractivity contribution in [2.24, 2.45) is 0 Å². The van der Waals surface area contributed by atoms with Crippen molar-refractivity contribution in [3.8, 4) is 5.88 Å². The fourth-order valence-electron chi connectivity index (χ4n) is 2.46. The third-order valence-corrected chi connectivity index (χ3v) is 5.60. The number of rotatable bonds is 1. The van der Waals surface area contributed by atoms with E-state index < -0.39 is 9.84 Å². The van der Waals surface area contributed by atoms with E-state index >= 15 is 0 Å². The van der Waals surface area contributed by atoms with E-state index in [2.05, 4.69) is 15.0 Å². The van der Waals surface area contributed by atoms with Crippen LogP contribution in [0, 0.1) is 0 Å². The number of hydrogen-bond donors (Lipinski definition) is 1. The van der Waals surface area contributed by atoms with Crippen molar-refractivity contribution >= 4 is 32.5 Å². The zero-order valence-electron chi connectivity index (χ0n) is 10.5. The number of halogens is 1. The summed E-state index contributed by atoms with van der Waals surface area (Å²) >= 11 is 6.16. The number of hydrogen-bond acceptors (Lipinski definition) is 6. The monoisotopic (exact) mass is 313 g/mol. The Morgan fingerprint density at radius 2 is 1.95 bits per heavy atom. The molecule has 0 amide bonds. The molecule has 20 heavy (non-hydrogen) atoms. The van der Waals surface area contributed by atoms with Crippen LogP contribution in [0.3, 0.4) is 0 Å². The van der Waals surface area contributed by atoms with Gasteiger partial charge in [-0.15, -0.1) is 0 Å². The number of nitrogens with zero attached hydrogens (tertiary/aromatic N) is 3. The molecule has 0 saturated carbocycles. The standard InChI is InChI=1S/C12H12ClN3O3S/c13-10-8(7-1-3-20(18,19)4-2-7)5-9-11(16-10)14-6-15-12(9)17/h5-7H,1-4H2,(H,14,15,16,17). The lowest BCUT2D eigenvalue weighted by molar-refractivity contribution is 0.459. The number of fused-ring (bicyclic) bond motifs is 1. The molecule has 1 N–H and O–H groups in total. The van der Waals surface area contributed by atoms with Crippen molar-refractivity contribution in [2.75, 3.05) is 11.5 Å². The quantitative estimate of drug-likeness (QED) is 0.805. The molecule has 2 aromatic rings. The van der Waals surface area contributed by atoms with Crippen LogP contribution in [0.5, 0.6) is 5.88 Å². The summed E-state index contributed by atoms with van der Waals surface area (Å²) in [5.74, 6) is 0.193. The van der Waals surface area contributed by atoms with Gasteiger partial charge in [-0.05, 0) is 30.4 Å². The fourth-order valence-corrected chi connectivity index (χ4v) is 4.24. The molecule has 0 radical (unpaired) electrons. The van der Waals surface area contributed by atoms with E-state index in [1.54, 1.807) is 6.07 Å². The van der Waals surface area contributed by atoms with Gasteiger partial charge in [-0.3, -0.25) is 0 Å². The van der Waals surface area contributed by atoms with Crippen LogP contribution in [0.25, 0.3) is 11.0 Å². The van der Waals surface area contributed by atoms with E-state index in [0.29, 0.717) is 29.0 Å². The largest absolute Gasteiger partial charge is 0.493 e. The molecule has 0 atom stereocenters. The molecule has 1 saturated heterocycles. The molecule has 3 rings (SSSR count). The van der Waals surface area contributed by atoms with E-state index in [1.807, 2.05) is 0 Å². The normalized spacial score (nSPS) is 19.2. The molecule has 6 nitrogen and oxygen atoms in total. The summed E-state index contributed by atoms with van der Waals surface area (Å²) in [5.41, 5.74) is 1.08. The number of aromatic hydroxyl groups is 1. The Bertz CT molecular complexity index is 765. The second-order valence-corrected chi connectivity index (χ2v) is 7.52. The summed E-state index contributed by atoms with van der Waals surface area (Å²) in [5, 5.41) is 10.5. The predicted octanol–water partition coefficient (Wildman–Crippen LogP) is 1.68. The SMILES string of the molecule is O=S1(=O)CCC(c2cc3c(O)ncnc3nc2Cl)CC1. The highest BCUT2D eigenvalue weighted by Crippen LogP contribution is 2.35. The van der Waals surface area contributed by atoms with Crippen molar-refractivity contribution in [1.82, 2.24) is 15.0 Å². The summed E-state index contributed by atoms with van der Waals surface area (Å²) in [6.07, 6.45) is 2.25. The second kappa shape index (κ2) is 4.82. The third kappa shape index (κ3) is 2.43. The zero-order valence-corrected chi connectivity index (χ0v) is 12.0. The van der Waals surface area contributed by atoms with Crippen LogP contribution < -0.4 is 0 Å². The zero-order chi connectivity index (χ0) is 14.3. The van der Waals surface area contributed by atoms with Gasteiger partial charge >= 0.3 is 0 Å². The van der Waals surface area contributed by atoms with E-state index in [0.717, 1.165) is 5.56 Å². The summed E-state index contributed by atoms with van der Waals surface area (Å²) in [6.45, 7) is 0. The molecule has 3 heterocycles. The summed E-state index contributed by atoms with van der Waals surface area (Å²) in [4.78, 5) is 11.8. The lowest BCUT2D eigenvalue weighted by Crippen LogP contribution is -2.22. The highest BCUT2D eigenvalue weighted by molar-refractivity contribution is 7.91. The van der Waals surface area contributed by atoms with Gasteiger partial charge in [0.2, 0.25) is 5.88 Å². The molecule has 1 aliphatic heterocycles. The topological polar surface area (TPSA) is 93.0 Å². The third-order valence-electron chi connectivity index (χ3n) is 3.58. The van der Waals surface area contributed by atoms with Crippen molar-refractivity contribution in [2.45, 2.75) is 18.8 Å². The smallest absolute Gasteiger partial charge is 0.223 e. The van der Waals surface area contributed by atoms with E-state index in [1.165, 1.54) is 6.33 Å². The summed E-state index contributed by atoms with van der Waals surface area (Å²) in [6, 6.07) is 1.71. The molecule has 0 aromatic carbocycles. The Hall–Kier alpha value is -1.47. The molecule has 106 valence electrons. The number of sulfone groups is 1. The van der Waals surface area contributed by atoms with Crippen LogP contribution >= 0.6 is 11.6 Å². The molecule has 1 aliphatic rings. The molecule has 0 bridgehead atoms. The number of pyridine rings is 1. The Morgan fingerprint density at radius 1 is 1.25 bits per heavy atom. The molecule has 0 spiro atoms. The van der Waals surface area contributed by atoms with E-state index in [4.69, 9.17) is 11.6 Å². The van der Waals surface area contributed by atoms with Gasteiger partial charge in [-0.1, -0.05) is 11.6 Å². The maximum atomic E-state index is 11.5. The Labute approximate surface area is 120 Å². The van der Waals surface area contributed by atoms with Gasteiger partial charge in [0.1, 0.15) is 21.3 Å². The fraction of sp³-hybridized carbons (Fsp3) is 0.417. The van der Waals surface area contributed by atoms with Gasteiger partial charge in [0.15, 0.2) is 5.65 Å². The summed E-state index contributed by atoms with van der Waals surface area (Å²) < 4.78 is 22.9. The highest BCUT2D eigenvalue weighted by atomic mass is 35.5. The molecule has 0 aliphatic carbocycles. The molecule has 0 unspecified atom stereocenters. The molecule has 1 fully saturated rings. The first-order chi connectivity index (χ1) is 9.46. The van der Waals surface area contributed by atoms with Crippen LogP contribution in [-0.4, -0.2) is 40.0 Å². The Kier molecular flexibility index (Phi) is 3.25. The van der Waals surface area contributed by atoms with Crippen molar-refractivity contribution in [3.05, 3.63) is 23.1 Å². The molecular formula is C12H12ClN3O3S. The van der Waals surface area contributed by atoms with Gasteiger partial charge in [-0.2, -0.15) is 0 Å². The molecule has 2 aromatic heterocycles. The van der Waals surface area contributed by atoms with Crippen LogP contribution in [0.4, 0.5) is 0 Å². The minimum atomic E-state index is -2.92. The second-order valence-electron chi connectivity index (χ2n) is 4.86. The van der Waals surface area contributed by atoms with Gasteiger partial charge in [0, 0.05) is 0 Å². The van der Waals surface area contributed by atoms with Crippen LogP contribution in [0.1, 0.15) is 24.3 Å². The van der Waals surface area contributed by atoms with E-state index in [-0.39, 0.29) is 23.3 Å². The van der Waals surface area contributed by atoms with Gasteiger partial charge < -0.3 is 5.11 Å². The van der Waals surface area contributed by atoms with Crippen molar-refractivity contribution in [1.29, 1.82) is 0 Å². The first-order valence-electron chi connectivity index (χ1n) is 6.17. The van der Waals surface area contributed by atoms with Crippen LogP contribution in [0.15, 0.2) is 12.4 Å². The first-order valence-corrected chi connectivity index (χ1v) is 8.37. The van der Waals surface area contributed by atoms with Crippen molar-refractivity contribution in [3.63, 3.8) is 0 Å². The summed E-state index contributed by atoms with van der Waals surface area (Å²) in [7, 11) is -2.92. The minimum absolute atomic E-state index is 0.0301. The number of aromatic nitrogens is 3. The lowest BCUT2D eigenvalue weighted by atomic mass is 9.94. The maximum absolute atomic E-state index is 11.5.